The molecule has 0 spiro atoms. The second kappa shape index (κ2) is 12.6. The van der Waals surface area contributed by atoms with Crippen LogP contribution in [0.4, 0.5) is 11.4 Å². The number of amides is 2. The summed E-state index contributed by atoms with van der Waals surface area (Å²) in [6.45, 7) is 5.71. The molecule has 156 valence electrons. The lowest BCUT2D eigenvalue weighted by atomic mass is 10.1. The Morgan fingerprint density at radius 3 is 2.21 bits per heavy atom. The largest absolute Gasteiger partial charge is 0.376 e. The fraction of sp³-hybridized carbons (Fsp3) is 0.417. The minimum atomic E-state index is -0.0360. The smallest absolute Gasteiger partial charge is 0.258 e. The minimum Gasteiger partial charge on any atom is -0.376 e. The van der Waals surface area contributed by atoms with Crippen LogP contribution in [0, 0.1) is 0 Å². The van der Waals surface area contributed by atoms with Gasteiger partial charge in [-0.2, -0.15) is 0 Å². The molecule has 0 saturated carbocycles. The monoisotopic (exact) mass is 395 g/mol. The quantitative estimate of drug-likeness (QED) is 0.505. The topological polar surface area (TPSA) is 61.4 Å². The standard InChI is InChI=1S/C24H33N3O2/c1-3-5-6-7-11-18-25-23(28)19-26-21-16-14-20(15-17-21)24(29)27(4-2)22-12-9-8-10-13-22/h8-10,12-17,26H,3-7,11,18-19H2,1-2H3,(H,25,28). The molecule has 0 unspecified atom stereocenters. The van der Waals surface area contributed by atoms with Crippen molar-refractivity contribution in [1.82, 2.24) is 5.32 Å². The first-order valence-electron chi connectivity index (χ1n) is 10.6. The lowest BCUT2D eigenvalue weighted by Crippen LogP contribution is -2.31. The maximum absolute atomic E-state index is 12.8. The van der Waals surface area contributed by atoms with Crippen LogP contribution in [-0.2, 0) is 4.79 Å². The van der Waals surface area contributed by atoms with Gasteiger partial charge in [0.2, 0.25) is 5.91 Å². The van der Waals surface area contributed by atoms with Crippen molar-refractivity contribution < 1.29 is 9.59 Å². The van der Waals surface area contributed by atoms with Crippen molar-refractivity contribution in [2.45, 2.75) is 46.0 Å². The second-order valence-electron chi connectivity index (χ2n) is 7.08. The third-order valence-corrected chi connectivity index (χ3v) is 4.82. The van der Waals surface area contributed by atoms with Crippen molar-refractivity contribution in [1.29, 1.82) is 0 Å². The highest BCUT2D eigenvalue weighted by Gasteiger charge is 2.15. The first kappa shape index (κ1) is 22.5. The second-order valence-corrected chi connectivity index (χ2v) is 7.08. The average molecular weight is 396 g/mol. The van der Waals surface area contributed by atoms with Gasteiger partial charge in [-0.1, -0.05) is 50.8 Å². The molecule has 0 radical (unpaired) electrons. The number of nitrogens with zero attached hydrogens (tertiary/aromatic N) is 1. The van der Waals surface area contributed by atoms with Gasteiger partial charge < -0.3 is 15.5 Å². The van der Waals surface area contributed by atoms with Gasteiger partial charge in [0, 0.05) is 30.0 Å². The average Bonchev–Trinajstić information content (AvgIpc) is 2.76. The molecule has 5 nitrogen and oxygen atoms in total. The summed E-state index contributed by atoms with van der Waals surface area (Å²) in [5.41, 5.74) is 2.33. The molecule has 5 heteroatoms. The molecule has 0 fully saturated rings. The van der Waals surface area contributed by atoms with Crippen molar-refractivity contribution in [2.75, 3.05) is 29.9 Å². The Hall–Kier alpha value is -2.82. The van der Waals surface area contributed by atoms with Crippen molar-refractivity contribution in [3.63, 3.8) is 0 Å². The Balaban J connectivity index is 1.79. The van der Waals surface area contributed by atoms with Crippen molar-refractivity contribution >= 4 is 23.2 Å². The Kier molecular flexibility index (Phi) is 9.76. The molecule has 2 N–H and O–H groups in total. The van der Waals surface area contributed by atoms with Gasteiger partial charge in [0.05, 0.1) is 6.54 Å². The van der Waals surface area contributed by atoms with E-state index < -0.39 is 0 Å². The Morgan fingerprint density at radius 1 is 0.862 bits per heavy atom. The van der Waals surface area contributed by atoms with Crippen LogP contribution in [0.3, 0.4) is 0 Å². The highest BCUT2D eigenvalue weighted by atomic mass is 16.2. The molecule has 2 rings (SSSR count). The lowest BCUT2D eigenvalue weighted by Gasteiger charge is -2.21. The van der Waals surface area contributed by atoms with E-state index in [0.29, 0.717) is 12.1 Å². The van der Waals surface area contributed by atoms with E-state index in [2.05, 4.69) is 17.6 Å². The highest BCUT2D eigenvalue weighted by molar-refractivity contribution is 6.06. The van der Waals surface area contributed by atoms with E-state index in [0.717, 1.165) is 30.8 Å². The Morgan fingerprint density at radius 2 is 1.55 bits per heavy atom. The number of para-hydroxylation sites is 1. The lowest BCUT2D eigenvalue weighted by molar-refractivity contribution is -0.119. The zero-order valence-electron chi connectivity index (χ0n) is 17.6. The summed E-state index contributed by atoms with van der Waals surface area (Å²) in [6.07, 6.45) is 5.90. The van der Waals surface area contributed by atoms with Crippen molar-refractivity contribution in [3.8, 4) is 0 Å². The van der Waals surface area contributed by atoms with E-state index in [-0.39, 0.29) is 18.4 Å². The predicted octanol–water partition coefficient (Wildman–Crippen LogP) is 4.85. The molecule has 2 amide bonds. The van der Waals surface area contributed by atoms with Gasteiger partial charge in [-0.05, 0) is 49.7 Å². The fourth-order valence-electron chi connectivity index (χ4n) is 3.14. The molecular formula is C24H33N3O2. The van der Waals surface area contributed by atoms with Gasteiger partial charge in [-0.15, -0.1) is 0 Å². The van der Waals surface area contributed by atoms with Crippen LogP contribution in [0.15, 0.2) is 54.6 Å². The summed E-state index contributed by atoms with van der Waals surface area (Å²) >= 11 is 0. The van der Waals surface area contributed by atoms with E-state index in [1.54, 1.807) is 17.0 Å². The molecule has 0 saturated heterocycles. The first-order valence-corrected chi connectivity index (χ1v) is 10.6. The SMILES string of the molecule is CCCCCCCNC(=O)CNc1ccc(C(=O)N(CC)c2ccccc2)cc1. The number of carbonyl (C=O) groups excluding carboxylic acids is 2. The summed E-state index contributed by atoms with van der Waals surface area (Å²) in [7, 11) is 0. The molecule has 0 atom stereocenters. The fourth-order valence-corrected chi connectivity index (χ4v) is 3.14. The zero-order chi connectivity index (χ0) is 20.9. The van der Waals surface area contributed by atoms with E-state index in [9.17, 15) is 9.59 Å². The van der Waals surface area contributed by atoms with Crippen LogP contribution in [0.1, 0.15) is 56.3 Å². The van der Waals surface area contributed by atoms with Gasteiger partial charge in [-0.3, -0.25) is 9.59 Å². The third kappa shape index (κ3) is 7.60. The molecule has 0 aliphatic carbocycles. The summed E-state index contributed by atoms with van der Waals surface area (Å²) < 4.78 is 0. The minimum absolute atomic E-state index is 0.0121. The van der Waals surface area contributed by atoms with E-state index in [1.165, 1.54) is 19.3 Å². The maximum atomic E-state index is 12.8. The molecule has 0 bridgehead atoms. The van der Waals surface area contributed by atoms with E-state index in [1.807, 2.05) is 49.4 Å². The van der Waals surface area contributed by atoms with Gasteiger partial charge >= 0.3 is 0 Å². The van der Waals surface area contributed by atoms with Crippen molar-refractivity contribution in [3.05, 3.63) is 60.2 Å². The number of unbranched alkanes of at least 4 members (excludes halogenated alkanes) is 4. The van der Waals surface area contributed by atoms with Crippen LogP contribution in [0.5, 0.6) is 0 Å². The summed E-state index contributed by atoms with van der Waals surface area (Å²) in [5.74, 6) is -0.0482. The van der Waals surface area contributed by atoms with Gasteiger partial charge in [0.25, 0.3) is 5.91 Å². The molecule has 0 aliphatic rings. The Bertz CT molecular complexity index is 744. The van der Waals surface area contributed by atoms with Crippen LogP contribution in [-0.4, -0.2) is 31.4 Å². The van der Waals surface area contributed by atoms with Gasteiger partial charge in [0.1, 0.15) is 0 Å². The van der Waals surface area contributed by atoms with E-state index in [4.69, 9.17) is 0 Å². The molecule has 29 heavy (non-hydrogen) atoms. The number of hydrogen-bond acceptors (Lipinski definition) is 3. The summed E-state index contributed by atoms with van der Waals surface area (Å²) in [5, 5.41) is 6.05. The van der Waals surface area contributed by atoms with E-state index >= 15 is 0 Å². The first-order chi connectivity index (χ1) is 14.2. The van der Waals surface area contributed by atoms with Crippen LogP contribution < -0.4 is 15.5 Å². The van der Waals surface area contributed by atoms with Crippen molar-refractivity contribution in [2.24, 2.45) is 0 Å². The predicted molar refractivity (Wildman–Crippen MR) is 120 cm³/mol. The van der Waals surface area contributed by atoms with Gasteiger partial charge in [-0.25, -0.2) is 0 Å². The molecular weight excluding hydrogens is 362 g/mol. The number of carbonyl (C=O) groups is 2. The Labute approximate surface area is 174 Å². The third-order valence-electron chi connectivity index (χ3n) is 4.82. The molecule has 2 aromatic rings. The normalized spacial score (nSPS) is 10.4. The van der Waals surface area contributed by atoms with Crippen LogP contribution >= 0.6 is 0 Å². The summed E-state index contributed by atoms with van der Waals surface area (Å²) in [6, 6.07) is 16.9. The van der Waals surface area contributed by atoms with Crippen LogP contribution in [0.25, 0.3) is 0 Å². The molecule has 2 aromatic carbocycles. The molecule has 0 aromatic heterocycles. The number of benzene rings is 2. The maximum Gasteiger partial charge on any atom is 0.258 e. The number of nitrogens with one attached hydrogen (secondary N) is 2. The number of rotatable bonds is 12. The summed E-state index contributed by atoms with van der Waals surface area (Å²) in [4.78, 5) is 26.5. The molecule has 0 heterocycles. The molecule has 0 aliphatic heterocycles. The number of anilines is 2. The zero-order valence-corrected chi connectivity index (χ0v) is 17.6. The van der Waals surface area contributed by atoms with Crippen LogP contribution in [0.2, 0.25) is 0 Å². The number of hydrogen-bond donors (Lipinski definition) is 2. The highest BCUT2D eigenvalue weighted by Crippen LogP contribution is 2.18. The van der Waals surface area contributed by atoms with Gasteiger partial charge in [0.15, 0.2) is 0 Å².